The molecule has 0 spiro atoms. The van der Waals surface area contributed by atoms with Crippen molar-refractivity contribution in [3.63, 3.8) is 0 Å². The summed E-state index contributed by atoms with van der Waals surface area (Å²) in [5.41, 5.74) is 4.79. The van der Waals surface area contributed by atoms with Gasteiger partial charge in [0.2, 0.25) is 0 Å². The van der Waals surface area contributed by atoms with Gasteiger partial charge >= 0.3 is 12.1 Å². The van der Waals surface area contributed by atoms with Crippen LogP contribution in [0.3, 0.4) is 0 Å². The first kappa shape index (κ1) is 54.1. The molecule has 2 aromatic carbocycles. The van der Waals surface area contributed by atoms with E-state index in [0.717, 1.165) is 12.8 Å². The first-order chi connectivity index (χ1) is 31.1. The number of esters is 1. The molecule has 1 aliphatic rings. The van der Waals surface area contributed by atoms with Crippen LogP contribution in [-0.2, 0) is 61.6 Å². The zero-order chi connectivity index (χ0) is 44.7. The predicted molar refractivity (Wildman–Crippen MR) is 239 cm³/mol. The van der Waals surface area contributed by atoms with Crippen molar-refractivity contribution in [1.82, 2.24) is 4.90 Å². The lowest BCUT2D eigenvalue weighted by Gasteiger charge is -2.19. The van der Waals surface area contributed by atoms with Crippen LogP contribution in [0.4, 0.5) is 4.79 Å². The Balaban J connectivity index is 0.937. The molecule has 1 amide bonds. The van der Waals surface area contributed by atoms with Crippen LogP contribution in [0, 0.1) is 0 Å². The highest BCUT2D eigenvalue weighted by Crippen LogP contribution is 2.44. The maximum atomic E-state index is 12.6. The Bertz CT molecular complexity index is 1370. The Morgan fingerprint density at radius 1 is 0.444 bits per heavy atom. The van der Waals surface area contributed by atoms with Gasteiger partial charge in [-0.1, -0.05) is 94.0 Å². The van der Waals surface area contributed by atoms with Crippen LogP contribution in [0.5, 0.6) is 0 Å². The molecule has 0 heterocycles. The SMILES string of the molecule is CCCCCCCCCC(=O)OCCOCCOCCOCCOCCOCCOCCOCCOCCOCCOCCN(C)C(=O)OCC1c2ccccc2-c2ccccc21. The first-order valence-electron chi connectivity index (χ1n) is 23.1. The van der Waals surface area contributed by atoms with Crippen molar-refractivity contribution in [3.8, 4) is 11.1 Å². The van der Waals surface area contributed by atoms with Gasteiger partial charge in [-0.3, -0.25) is 4.79 Å². The summed E-state index contributed by atoms with van der Waals surface area (Å²) in [4.78, 5) is 25.9. The zero-order valence-corrected chi connectivity index (χ0v) is 38.3. The average Bonchev–Trinajstić information content (AvgIpc) is 3.62. The van der Waals surface area contributed by atoms with Gasteiger partial charge in [0.15, 0.2) is 0 Å². The van der Waals surface area contributed by atoms with Crippen molar-refractivity contribution in [1.29, 1.82) is 0 Å². The van der Waals surface area contributed by atoms with E-state index in [1.54, 1.807) is 7.05 Å². The van der Waals surface area contributed by atoms with E-state index < -0.39 is 0 Å². The highest BCUT2D eigenvalue weighted by molar-refractivity contribution is 5.79. The number of carbonyl (C=O) groups excluding carboxylic acids is 2. The number of fused-ring (bicyclic) bond motifs is 3. The third kappa shape index (κ3) is 26.4. The Hall–Kier alpha value is -3.22. The Morgan fingerprint density at radius 3 is 1.21 bits per heavy atom. The van der Waals surface area contributed by atoms with Crippen molar-refractivity contribution < 1.29 is 66.4 Å². The summed E-state index contributed by atoms with van der Waals surface area (Å²) in [6.07, 6.45) is 8.39. The molecular formula is C48H77NO14. The number of rotatable bonds is 43. The zero-order valence-electron chi connectivity index (χ0n) is 38.3. The number of unbranched alkanes of at least 4 members (excludes halogenated alkanes) is 6. The number of hydrogen-bond donors (Lipinski definition) is 0. The van der Waals surface area contributed by atoms with Gasteiger partial charge in [-0.25, -0.2) is 4.79 Å². The van der Waals surface area contributed by atoms with Crippen LogP contribution in [0.15, 0.2) is 48.5 Å². The quantitative estimate of drug-likeness (QED) is 0.0513. The first-order valence-corrected chi connectivity index (χ1v) is 23.1. The normalized spacial score (nSPS) is 12.1. The number of ether oxygens (including phenoxy) is 12. The lowest BCUT2D eigenvalue weighted by Crippen LogP contribution is -2.32. The molecule has 0 N–H and O–H groups in total. The van der Waals surface area contributed by atoms with E-state index in [4.69, 9.17) is 56.8 Å². The fourth-order valence-corrected chi connectivity index (χ4v) is 6.59. The van der Waals surface area contributed by atoms with Gasteiger partial charge in [0.05, 0.1) is 132 Å². The third-order valence-electron chi connectivity index (χ3n) is 10.0. The maximum Gasteiger partial charge on any atom is 0.409 e. The summed E-state index contributed by atoms with van der Waals surface area (Å²) in [6, 6.07) is 16.6. The van der Waals surface area contributed by atoms with E-state index in [-0.39, 0.29) is 24.6 Å². The molecule has 63 heavy (non-hydrogen) atoms. The van der Waals surface area contributed by atoms with Gasteiger partial charge in [-0.2, -0.15) is 0 Å². The van der Waals surface area contributed by atoms with Crippen LogP contribution in [0.1, 0.15) is 75.3 Å². The van der Waals surface area contributed by atoms with Gasteiger partial charge in [-0.15, -0.1) is 0 Å². The Labute approximate surface area is 376 Å². The van der Waals surface area contributed by atoms with Crippen molar-refractivity contribution in [3.05, 3.63) is 59.7 Å². The van der Waals surface area contributed by atoms with Crippen molar-refractivity contribution in [2.45, 2.75) is 64.2 Å². The van der Waals surface area contributed by atoms with E-state index >= 15 is 0 Å². The third-order valence-corrected chi connectivity index (χ3v) is 10.0. The van der Waals surface area contributed by atoms with E-state index in [1.807, 2.05) is 24.3 Å². The molecule has 0 aromatic heterocycles. The van der Waals surface area contributed by atoms with Gasteiger partial charge in [-0.05, 0) is 28.7 Å². The standard InChI is InChI=1S/C48H77NO14/c1-3-4-5-6-7-8-9-18-47(50)62-40-39-61-38-37-60-36-35-59-34-33-58-32-31-57-30-29-56-28-27-55-26-25-54-24-23-53-22-21-52-20-19-49(2)48(51)63-41-46-44-16-12-10-14-42(44)43-15-11-13-17-45(43)46/h10-17,46H,3-9,18-41H2,1-2H3. The minimum atomic E-state index is -0.367. The molecule has 0 atom stereocenters. The number of benzene rings is 2. The number of amides is 1. The van der Waals surface area contributed by atoms with E-state index in [2.05, 4.69) is 31.2 Å². The second-order valence-electron chi connectivity index (χ2n) is 14.9. The highest BCUT2D eigenvalue weighted by atomic mass is 16.6. The molecule has 0 saturated carbocycles. The fourth-order valence-electron chi connectivity index (χ4n) is 6.59. The lowest BCUT2D eigenvalue weighted by molar-refractivity contribution is -0.145. The predicted octanol–water partition coefficient (Wildman–Crippen LogP) is 6.72. The molecule has 0 unspecified atom stereocenters. The average molecular weight is 892 g/mol. The van der Waals surface area contributed by atoms with Gasteiger partial charge in [0, 0.05) is 25.9 Å². The molecule has 0 fully saturated rings. The molecule has 358 valence electrons. The minimum Gasteiger partial charge on any atom is -0.463 e. The molecular weight excluding hydrogens is 815 g/mol. The minimum absolute atomic E-state index is 0.0347. The number of likely N-dealkylation sites (N-methyl/N-ethyl adjacent to an activating group) is 1. The molecule has 0 saturated heterocycles. The van der Waals surface area contributed by atoms with Crippen LogP contribution < -0.4 is 0 Å². The molecule has 0 radical (unpaired) electrons. The smallest absolute Gasteiger partial charge is 0.409 e. The van der Waals surface area contributed by atoms with Crippen molar-refractivity contribution in [2.75, 3.05) is 159 Å². The summed E-state index contributed by atoms with van der Waals surface area (Å²) in [5, 5.41) is 0. The van der Waals surface area contributed by atoms with E-state index in [1.165, 1.54) is 59.3 Å². The molecule has 3 rings (SSSR count). The van der Waals surface area contributed by atoms with Crippen LogP contribution >= 0.6 is 0 Å². The van der Waals surface area contributed by atoms with Crippen LogP contribution in [0.25, 0.3) is 11.1 Å². The number of hydrogen-bond acceptors (Lipinski definition) is 14. The topological polar surface area (TPSA) is 148 Å². The summed E-state index contributed by atoms with van der Waals surface area (Å²) >= 11 is 0. The summed E-state index contributed by atoms with van der Waals surface area (Å²) < 4.78 is 66.1. The van der Waals surface area contributed by atoms with Crippen molar-refractivity contribution in [2.24, 2.45) is 0 Å². The molecule has 2 aromatic rings. The molecule has 15 nitrogen and oxygen atoms in total. The second-order valence-corrected chi connectivity index (χ2v) is 14.9. The second kappa shape index (κ2) is 38.1. The van der Waals surface area contributed by atoms with E-state index in [9.17, 15) is 9.59 Å². The van der Waals surface area contributed by atoms with Gasteiger partial charge < -0.3 is 61.7 Å². The van der Waals surface area contributed by atoms with Crippen LogP contribution in [-0.4, -0.2) is 176 Å². The molecule has 0 aliphatic heterocycles. The molecule has 15 heteroatoms. The monoisotopic (exact) mass is 892 g/mol. The molecule has 0 bridgehead atoms. The van der Waals surface area contributed by atoms with Gasteiger partial charge in [0.25, 0.3) is 0 Å². The highest BCUT2D eigenvalue weighted by Gasteiger charge is 2.29. The van der Waals surface area contributed by atoms with Crippen molar-refractivity contribution >= 4 is 12.1 Å². The Morgan fingerprint density at radius 2 is 0.794 bits per heavy atom. The molecule has 1 aliphatic carbocycles. The summed E-state index contributed by atoms with van der Waals surface area (Å²) in [7, 11) is 1.71. The van der Waals surface area contributed by atoms with Gasteiger partial charge in [0.1, 0.15) is 13.2 Å². The number of nitrogens with zero attached hydrogens (tertiary/aromatic N) is 1. The summed E-state index contributed by atoms with van der Waals surface area (Å²) in [5.74, 6) is -0.111. The Kier molecular flexibility index (Phi) is 32.7. The van der Waals surface area contributed by atoms with Crippen LogP contribution in [0.2, 0.25) is 0 Å². The number of carbonyl (C=O) groups is 2. The largest absolute Gasteiger partial charge is 0.463 e. The fraction of sp³-hybridized carbons (Fsp3) is 0.708. The summed E-state index contributed by atoms with van der Waals surface area (Å²) in [6.45, 7) is 12.4. The lowest BCUT2D eigenvalue weighted by atomic mass is 9.98. The maximum absolute atomic E-state index is 12.6. The van der Waals surface area contributed by atoms with E-state index in [0.29, 0.717) is 152 Å².